The molecule has 0 saturated heterocycles. The highest BCUT2D eigenvalue weighted by molar-refractivity contribution is 9.10. The normalized spacial score (nSPS) is 10.3. The number of anilines is 3. The van der Waals surface area contributed by atoms with Gasteiger partial charge >= 0.3 is 5.97 Å². The Hall–Kier alpha value is -1.79. The molecule has 0 aliphatic rings. The molecule has 110 valence electrons. The van der Waals surface area contributed by atoms with Crippen LogP contribution in [0.25, 0.3) is 0 Å². The Morgan fingerprint density at radius 1 is 1.48 bits per heavy atom. The molecule has 21 heavy (non-hydrogen) atoms. The van der Waals surface area contributed by atoms with E-state index in [2.05, 4.69) is 31.0 Å². The lowest BCUT2D eigenvalue weighted by atomic mass is 10.2. The average Bonchev–Trinajstić information content (AvgIpc) is 2.46. The minimum atomic E-state index is -0.515. The molecular formula is C14H13BrClN3O2. The monoisotopic (exact) mass is 369 g/mol. The van der Waals surface area contributed by atoms with Gasteiger partial charge in [-0.1, -0.05) is 11.6 Å². The molecule has 0 amide bonds. The van der Waals surface area contributed by atoms with Crippen LogP contribution < -0.4 is 11.1 Å². The number of aromatic nitrogens is 1. The van der Waals surface area contributed by atoms with Crippen LogP contribution in [0.1, 0.15) is 15.9 Å². The Labute approximate surface area is 135 Å². The molecule has 5 nitrogen and oxygen atoms in total. The molecule has 1 aromatic carbocycles. The molecule has 2 aromatic rings. The van der Waals surface area contributed by atoms with Crippen LogP contribution >= 0.6 is 27.5 Å². The number of nitrogens with zero attached hydrogens (tertiary/aromatic N) is 1. The van der Waals surface area contributed by atoms with Crippen LogP contribution in [0, 0.1) is 6.92 Å². The van der Waals surface area contributed by atoms with Crippen molar-refractivity contribution >= 4 is 50.7 Å². The number of ether oxygens (including phenoxy) is 1. The Kier molecular flexibility index (Phi) is 4.69. The number of carbonyl (C=O) groups excluding carboxylic acids is 1. The van der Waals surface area contributed by atoms with Gasteiger partial charge < -0.3 is 15.8 Å². The predicted octanol–water partition coefficient (Wildman–Crippen LogP) is 3.92. The molecule has 0 aliphatic heterocycles. The maximum Gasteiger partial charge on any atom is 0.340 e. The van der Waals surface area contributed by atoms with Crippen molar-refractivity contribution in [3.05, 3.63) is 45.0 Å². The van der Waals surface area contributed by atoms with Crippen LogP contribution in [0.4, 0.5) is 17.2 Å². The summed E-state index contributed by atoms with van der Waals surface area (Å²) < 4.78 is 5.49. The molecule has 7 heteroatoms. The second-order valence-corrected chi connectivity index (χ2v) is 5.58. The van der Waals surface area contributed by atoms with Crippen LogP contribution in [0.2, 0.25) is 5.02 Å². The number of pyridine rings is 1. The number of nitrogens with one attached hydrogen (secondary N) is 1. The van der Waals surface area contributed by atoms with E-state index in [1.54, 1.807) is 6.07 Å². The number of nitrogens with two attached hydrogens (primary N) is 1. The molecule has 0 unspecified atom stereocenters. The number of aryl methyl sites for hydroxylation is 1. The number of benzene rings is 1. The largest absolute Gasteiger partial charge is 0.465 e. The molecule has 3 N–H and O–H groups in total. The Morgan fingerprint density at radius 3 is 2.86 bits per heavy atom. The molecule has 0 atom stereocenters. The first kappa shape index (κ1) is 15.6. The van der Waals surface area contributed by atoms with Gasteiger partial charge in [0.05, 0.1) is 24.0 Å². The molecule has 0 fully saturated rings. The fourth-order valence-corrected chi connectivity index (χ4v) is 2.45. The van der Waals surface area contributed by atoms with E-state index in [0.29, 0.717) is 16.5 Å². The van der Waals surface area contributed by atoms with Crippen molar-refractivity contribution in [2.75, 3.05) is 18.2 Å². The van der Waals surface area contributed by atoms with Gasteiger partial charge in [0, 0.05) is 15.7 Å². The zero-order valence-electron chi connectivity index (χ0n) is 11.4. The van der Waals surface area contributed by atoms with Crippen molar-refractivity contribution < 1.29 is 9.53 Å². The third-order valence-corrected chi connectivity index (χ3v) is 3.96. The first-order chi connectivity index (χ1) is 9.93. The second-order valence-electron chi connectivity index (χ2n) is 4.32. The maximum atomic E-state index is 11.6. The Balaban J connectivity index is 2.41. The Bertz CT molecular complexity index is 707. The lowest BCUT2D eigenvalue weighted by molar-refractivity contribution is 0.0602. The van der Waals surface area contributed by atoms with Gasteiger partial charge in [0.25, 0.3) is 0 Å². The van der Waals surface area contributed by atoms with Crippen molar-refractivity contribution in [1.29, 1.82) is 0 Å². The number of hydrogen-bond donors (Lipinski definition) is 2. The zero-order chi connectivity index (χ0) is 15.6. The van der Waals surface area contributed by atoms with E-state index in [1.807, 2.05) is 13.0 Å². The predicted molar refractivity (Wildman–Crippen MR) is 87.2 cm³/mol. The molecule has 0 aliphatic carbocycles. The van der Waals surface area contributed by atoms with Gasteiger partial charge in [0.1, 0.15) is 0 Å². The number of methoxy groups -OCH3 is 1. The van der Waals surface area contributed by atoms with Gasteiger partial charge in [0.2, 0.25) is 0 Å². The Morgan fingerprint density at radius 2 is 2.19 bits per heavy atom. The molecule has 0 radical (unpaired) electrons. The smallest absolute Gasteiger partial charge is 0.340 e. The summed E-state index contributed by atoms with van der Waals surface area (Å²) in [5.41, 5.74) is 8.06. The van der Waals surface area contributed by atoms with Gasteiger partial charge in [-0.05, 0) is 46.6 Å². The number of esters is 1. The highest BCUT2D eigenvalue weighted by Gasteiger charge is 2.15. The van der Waals surface area contributed by atoms with Crippen LogP contribution in [0.5, 0.6) is 0 Å². The van der Waals surface area contributed by atoms with Crippen LogP contribution in [-0.2, 0) is 4.74 Å². The lowest BCUT2D eigenvalue weighted by Crippen LogP contribution is -2.09. The van der Waals surface area contributed by atoms with Crippen molar-refractivity contribution in [2.24, 2.45) is 0 Å². The molecule has 0 spiro atoms. The van der Waals surface area contributed by atoms with E-state index in [-0.39, 0.29) is 11.3 Å². The van der Waals surface area contributed by atoms with Crippen LogP contribution in [0.15, 0.2) is 28.9 Å². The summed E-state index contributed by atoms with van der Waals surface area (Å²) in [6, 6.07) is 5.14. The van der Waals surface area contributed by atoms with E-state index in [9.17, 15) is 4.79 Å². The van der Waals surface area contributed by atoms with Gasteiger partial charge in [-0.25, -0.2) is 9.78 Å². The maximum absolute atomic E-state index is 11.6. The van der Waals surface area contributed by atoms with E-state index in [4.69, 9.17) is 17.3 Å². The summed E-state index contributed by atoms with van der Waals surface area (Å²) in [4.78, 5) is 15.8. The zero-order valence-corrected chi connectivity index (χ0v) is 13.7. The minimum absolute atomic E-state index is 0.216. The van der Waals surface area contributed by atoms with Crippen LogP contribution in [0.3, 0.4) is 0 Å². The van der Waals surface area contributed by atoms with Gasteiger partial charge in [0.15, 0.2) is 5.82 Å². The minimum Gasteiger partial charge on any atom is -0.465 e. The average molecular weight is 371 g/mol. The number of nitrogen functional groups attached to an aromatic ring is 1. The topological polar surface area (TPSA) is 77.2 Å². The van der Waals surface area contributed by atoms with E-state index in [1.165, 1.54) is 19.4 Å². The molecule has 1 heterocycles. The summed E-state index contributed by atoms with van der Waals surface area (Å²) in [6.45, 7) is 1.90. The summed E-state index contributed by atoms with van der Waals surface area (Å²) in [5.74, 6) is -0.155. The number of hydrogen-bond acceptors (Lipinski definition) is 5. The number of rotatable bonds is 3. The molecule has 0 bridgehead atoms. The SMILES string of the molecule is COC(=O)c1ccnc(Nc2cc(Cl)c(C)cc2Br)c1N. The summed E-state index contributed by atoms with van der Waals surface area (Å²) >= 11 is 9.55. The quantitative estimate of drug-likeness (QED) is 0.801. The van der Waals surface area contributed by atoms with Crippen molar-refractivity contribution in [2.45, 2.75) is 6.92 Å². The van der Waals surface area contributed by atoms with Crippen LogP contribution in [-0.4, -0.2) is 18.1 Å². The second kappa shape index (κ2) is 6.32. The third kappa shape index (κ3) is 3.28. The number of carbonyl (C=O) groups is 1. The summed E-state index contributed by atoms with van der Waals surface area (Å²) in [7, 11) is 1.30. The van der Waals surface area contributed by atoms with E-state index >= 15 is 0 Å². The lowest BCUT2D eigenvalue weighted by Gasteiger charge is -2.13. The summed E-state index contributed by atoms with van der Waals surface area (Å²) in [5, 5.41) is 3.67. The van der Waals surface area contributed by atoms with Gasteiger partial charge in [-0.15, -0.1) is 0 Å². The highest BCUT2D eigenvalue weighted by atomic mass is 79.9. The molecular weight excluding hydrogens is 358 g/mol. The first-order valence-corrected chi connectivity index (χ1v) is 7.16. The van der Waals surface area contributed by atoms with Crippen molar-refractivity contribution in [1.82, 2.24) is 4.98 Å². The highest BCUT2D eigenvalue weighted by Crippen LogP contribution is 2.33. The van der Waals surface area contributed by atoms with E-state index < -0.39 is 5.97 Å². The fraction of sp³-hybridized carbons (Fsp3) is 0.143. The van der Waals surface area contributed by atoms with Crippen molar-refractivity contribution in [3.63, 3.8) is 0 Å². The third-order valence-electron chi connectivity index (χ3n) is 2.90. The van der Waals surface area contributed by atoms with Gasteiger partial charge in [-0.2, -0.15) is 0 Å². The summed E-state index contributed by atoms with van der Waals surface area (Å²) in [6.07, 6.45) is 1.48. The molecule has 2 rings (SSSR count). The van der Waals surface area contributed by atoms with Crippen molar-refractivity contribution in [3.8, 4) is 0 Å². The van der Waals surface area contributed by atoms with E-state index in [0.717, 1.165) is 10.0 Å². The first-order valence-electron chi connectivity index (χ1n) is 5.99. The number of halogens is 2. The molecule has 1 aromatic heterocycles. The van der Waals surface area contributed by atoms with Gasteiger partial charge in [-0.3, -0.25) is 0 Å². The molecule has 0 saturated carbocycles. The standard InChI is InChI=1S/C14H13BrClN3O2/c1-7-5-9(15)11(6-10(7)16)19-13-12(17)8(3-4-18-13)14(20)21-2/h3-6H,17H2,1-2H3,(H,18,19). The fourth-order valence-electron chi connectivity index (χ4n) is 1.73.